The summed E-state index contributed by atoms with van der Waals surface area (Å²) in [4.78, 5) is 9.41. The summed E-state index contributed by atoms with van der Waals surface area (Å²) in [6.45, 7) is 0. The number of hydrogen-bond acceptors (Lipinski definition) is 4. The molecule has 82 valence electrons. The van der Waals surface area contributed by atoms with Gasteiger partial charge in [0.2, 0.25) is 0 Å². The predicted octanol–water partition coefficient (Wildman–Crippen LogP) is 2.08. The highest BCUT2D eigenvalue weighted by Crippen LogP contribution is 2.31. The lowest BCUT2D eigenvalue weighted by atomic mass is 10.2. The summed E-state index contributed by atoms with van der Waals surface area (Å²) in [7, 11) is 0. The SMILES string of the molecule is Nc1ccc([N+](=O)[O-])cc1OC(F)(F)F. The van der Waals surface area contributed by atoms with Crippen molar-refractivity contribution in [2.75, 3.05) is 5.73 Å². The molecule has 0 fully saturated rings. The number of halogens is 3. The lowest BCUT2D eigenvalue weighted by molar-refractivity contribution is -0.385. The quantitative estimate of drug-likeness (QED) is 0.472. The number of benzene rings is 1. The maximum Gasteiger partial charge on any atom is 0.573 e. The molecule has 5 nitrogen and oxygen atoms in total. The molecule has 0 saturated heterocycles. The average molecular weight is 222 g/mol. The summed E-state index contributed by atoms with van der Waals surface area (Å²) in [6.07, 6.45) is -4.93. The second kappa shape index (κ2) is 3.64. The molecule has 0 heterocycles. The molecule has 0 saturated carbocycles. The topological polar surface area (TPSA) is 78.4 Å². The van der Waals surface area contributed by atoms with Gasteiger partial charge >= 0.3 is 6.36 Å². The van der Waals surface area contributed by atoms with Gasteiger partial charge in [-0.05, 0) is 6.07 Å². The van der Waals surface area contributed by atoms with Crippen LogP contribution in [0, 0.1) is 10.1 Å². The van der Waals surface area contributed by atoms with Gasteiger partial charge in [-0.1, -0.05) is 0 Å². The smallest absolute Gasteiger partial charge is 0.403 e. The van der Waals surface area contributed by atoms with E-state index in [0.717, 1.165) is 12.1 Å². The molecule has 1 rings (SSSR count). The van der Waals surface area contributed by atoms with Crippen LogP contribution in [0.5, 0.6) is 5.75 Å². The molecule has 0 aliphatic carbocycles. The Bertz CT molecular complexity index is 392. The number of nitrogens with zero attached hydrogens (tertiary/aromatic N) is 1. The minimum atomic E-state index is -4.93. The van der Waals surface area contributed by atoms with Crippen molar-refractivity contribution in [3.8, 4) is 5.75 Å². The number of nitrogen functional groups attached to an aromatic ring is 1. The molecule has 0 spiro atoms. The monoisotopic (exact) mass is 222 g/mol. The largest absolute Gasteiger partial charge is 0.573 e. The van der Waals surface area contributed by atoms with E-state index in [-0.39, 0.29) is 5.69 Å². The standard InChI is InChI=1S/C7H5F3N2O3/c8-7(9,10)15-6-3-4(12(13)14)1-2-5(6)11/h1-3H,11H2. The molecule has 1 aromatic rings. The van der Waals surface area contributed by atoms with Gasteiger partial charge in [-0.3, -0.25) is 10.1 Å². The Kier molecular flexibility index (Phi) is 2.69. The zero-order chi connectivity index (χ0) is 11.6. The van der Waals surface area contributed by atoms with Crippen LogP contribution in [0.1, 0.15) is 0 Å². The Morgan fingerprint density at radius 3 is 2.47 bits per heavy atom. The van der Waals surface area contributed by atoms with Gasteiger partial charge < -0.3 is 10.5 Å². The predicted molar refractivity (Wildman–Crippen MR) is 44.2 cm³/mol. The van der Waals surface area contributed by atoms with Gasteiger partial charge in [0.15, 0.2) is 5.75 Å². The van der Waals surface area contributed by atoms with E-state index in [2.05, 4.69) is 4.74 Å². The van der Waals surface area contributed by atoms with Crippen molar-refractivity contribution in [3.63, 3.8) is 0 Å². The highest BCUT2D eigenvalue weighted by molar-refractivity contribution is 5.57. The molecular weight excluding hydrogens is 217 g/mol. The van der Waals surface area contributed by atoms with Crippen LogP contribution in [0.15, 0.2) is 18.2 Å². The fourth-order valence-corrected chi connectivity index (χ4v) is 0.850. The molecule has 2 N–H and O–H groups in total. The van der Waals surface area contributed by atoms with Gasteiger partial charge in [0.05, 0.1) is 16.7 Å². The zero-order valence-electron chi connectivity index (χ0n) is 7.12. The number of nitro benzene ring substituents is 1. The van der Waals surface area contributed by atoms with Gasteiger partial charge in [-0.15, -0.1) is 13.2 Å². The molecule has 1 aromatic carbocycles. The molecule has 15 heavy (non-hydrogen) atoms. The third-order valence-corrected chi connectivity index (χ3v) is 1.43. The van der Waals surface area contributed by atoms with Crippen LogP contribution in [0.3, 0.4) is 0 Å². The summed E-state index contributed by atoms with van der Waals surface area (Å²) in [6, 6.07) is 2.57. The number of nitro groups is 1. The first-order valence-electron chi connectivity index (χ1n) is 3.59. The fraction of sp³-hybridized carbons (Fsp3) is 0.143. The summed E-state index contributed by atoms with van der Waals surface area (Å²) in [5, 5.41) is 10.3. The summed E-state index contributed by atoms with van der Waals surface area (Å²) >= 11 is 0. The molecule has 0 aliphatic heterocycles. The fourth-order valence-electron chi connectivity index (χ4n) is 0.850. The van der Waals surface area contributed by atoms with Crippen molar-refractivity contribution in [2.24, 2.45) is 0 Å². The van der Waals surface area contributed by atoms with E-state index in [4.69, 9.17) is 5.73 Å². The van der Waals surface area contributed by atoms with Gasteiger partial charge in [-0.25, -0.2) is 0 Å². The molecule has 0 unspecified atom stereocenters. The number of nitrogens with two attached hydrogens (primary N) is 1. The second-order valence-corrected chi connectivity index (χ2v) is 2.53. The van der Waals surface area contributed by atoms with Crippen LogP contribution in [0.25, 0.3) is 0 Å². The van der Waals surface area contributed by atoms with Crippen LogP contribution in [0.4, 0.5) is 24.5 Å². The molecule has 0 atom stereocenters. The van der Waals surface area contributed by atoms with Crippen molar-refractivity contribution in [1.29, 1.82) is 0 Å². The van der Waals surface area contributed by atoms with Crippen molar-refractivity contribution in [3.05, 3.63) is 28.3 Å². The van der Waals surface area contributed by atoms with E-state index in [1.165, 1.54) is 0 Å². The second-order valence-electron chi connectivity index (χ2n) is 2.53. The Hall–Kier alpha value is -1.99. The highest BCUT2D eigenvalue weighted by atomic mass is 19.4. The first-order chi connectivity index (χ1) is 6.79. The molecule has 8 heteroatoms. The van der Waals surface area contributed by atoms with Crippen LogP contribution >= 0.6 is 0 Å². The van der Waals surface area contributed by atoms with Gasteiger partial charge in [0, 0.05) is 6.07 Å². The number of hydrogen-bond donors (Lipinski definition) is 1. The van der Waals surface area contributed by atoms with Gasteiger partial charge in [0.25, 0.3) is 5.69 Å². The van der Waals surface area contributed by atoms with E-state index in [1.54, 1.807) is 0 Å². The lowest BCUT2D eigenvalue weighted by Gasteiger charge is -2.10. The van der Waals surface area contributed by atoms with Crippen molar-refractivity contribution >= 4 is 11.4 Å². The zero-order valence-corrected chi connectivity index (χ0v) is 7.12. The molecule has 0 aromatic heterocycles. The van der Waals surface area contributed by atoms with Crippen LogP contribution in [-0.2, 0) is 0 Å². The number of ether oxygens (including phenoxy) is 1. The Morgan fingerprint density at radius 1 is 1.40 bits per heavy atom. The third-order valence-electron chi connectivity index (χ3n) is 1.43. The van der Waals surface area contributed by atoms with Gasteiger partial charge in [0.1, 0.15) is 0 Å². The molecular formula is C7H5F3N2O3. The van der Waals surface area contributed by atoms with Crippen molar-refractivity contribution in [2.45, 2.75) is 6.36 Å². The van der Waals surface area contributed by atoms with Crippen LogP contribution < -0.4 is 10.5 Å². The lowest BCUT2D eigenvalue weighted by Crippen LogP contribution is -2.18. The first kappa shape index (κ1) is 11.1. The number of alkyl halides is 3. The van der Waals surface area contributed by atoms with E-state index < -0.39 is 22.7 Å². The van der Waals surface area contributed by atoms with E-state index in [0.29, 0.717) is 6.07 Å². The number of anilines is 1. The summed E-state index contributed by atoms with van der Waals surface area (Å²) < 4.78 is 38.9. The third kappa shape index (κ3) is 3.01. The van der Waals surface area contributed by atoms with E-state index in [1.807, 2.05) is 0 Å². The van der Waals surface area contributed by atoms with E-state index >= 15 is 0 Å². The minimum absolute atomic E-state index is 0.321. The maximum absolute atomic E-state index is 11.8. The molecule has 0 radical (unpaired) electrons. The molecule has 0 aliphatic rings. The van der Waals surface area contributed by atoms with E-state index in [9.17, 15) is 23.3 Å². The number of non-ortho nitro benzene ring substituents is 1. The van der Waals surface area contributed by atoms with Crippen LogP contribution in [-0.4, -0.2) is 11.3 Å². The van der Waals surface area contributed by atoms with Crippen molar-refractivity contribution < 1.29 is 22.8 Å². The Balaban J connectivity index is 3.06. The normalized spacial score (nSPS) is 11.1. The minimum Gasteiger partial charge on any atom is -0.403 e. The van der Waals surface area contributed by atoms with Gasteiger partial charge in [-0.2, -0.15) is 0 Å². The van der Waals surface area contributed by atoms with Crippen LogP contribution in [0.2, 0.25) is 0 Å². The average Bonchev–Trinajstić information content (AvgIpc) is 2.06. The Labute approximate surface area is 81.4 Å². The maximum atomic E-state index is 11.8. The summed E-state index contributed by atoms with van der Waals surface area (Å²) in [5.41, 5.74) is 4.30. The highest BCUT2D eigenvalue weighted by Gasteiger charge is 2.32. The summed E-state index contributed by atoms with van der Waals surface area (Å²) in [5.74, 6) is -0.781. The molecule has 0 amide bonds. The Morgan fingerprint density at radius 2 is 2.00 bits per heavy atom. The molecule has 0 bridgehead atoms. The first-order valence-corrected chi connectivity index (χ1v) is 3.59. The van der Waals surface area contributed by atoms with Crippen molar-refractivity contribution in [1.82, 2.24) is 0 Å². The number of rotatable bonds is 2.